The largest absolute Gasteiger partial charge is 0.485 e. The second kappa shape index (κ2) is 9.13. The van der Waals surface area contributed by atoms with Gasteiger partial charge in [-0.25, -0.2) is 0 Å². The summed E-state index contributed by atoms with van der Waals surface area (Å²) in [5.41, 5.74) is 4.97. The summed E-state index contributed by atoms with van der Waals surface area (Å²) in [5.74, 6) is 1.27. The molecule has 166 valence electrons. The first-order valence-electron chi connectivity index (χ1n) is 10.6. The van der Waals surface area contributed by atoms with E-state index in [2.05, 4.69) is 22.4 Å². The number of rotatable bonds is 8. The number of ether oxygens (including phenoxy) is 1. The molecule has 32 heavy (non-hydrogen) atoms. The highest BCUT2D eigenvalue weighted by Crippen LogP contribution is 2.21. The second-order valence-corrected chi connectivity index (χ2v) is 7.78. The molecule has 0 unspecified atom stereocenters. The van der Waals surface area contributed by atoms with Crippen molar-refractivity contribution < 1.29 is 13.9 Å². The molecule has 4 rings (SSSR count). The Morgan fingerprint density at radius 1 is 1.12 bits per heavy atom. The van der Waals surface area contributed by atoms with Crippen LogP contribution < -0.4 is 10.1 Å². The summed E-state index contributed by atoms with van der Waals surface area (Å²) in [6, 6.07) is 9.43. The van der Waals surface area contributed by atoms with Crippen LogP contribution in [0.2, 0.25) is 0 Å². The number of aryl methyl sites for hydroxylation is 3. The SMILES string of the molecule is CCn1ncc(Cn2cc(NC(=O)c3ccc(COc4cc(C)ccc4C)o3)cn2)c1C. The highest BCUT2D eigenvalue weighted by Gasteiger charge is 2.14. The minimum atomic E-state index is -0.336. The fourth-order valence-electron chi connectivity index (χ4n) is 3.43. The van der Waals surface area contributed by atoms with Crippen molar-refractivity contribution in [3.05, 3.63) is 82.8 Å². The van der Waals surface area contributed by atoms with E-state index in [1.807, 2.05) is 49.8 Å². The summed E-state index contributed by atoms with van der Waals surface area (Å²) in [6.45, 7) is 9.77. The number of hydrogen-bond donors (Lipinski definition) is 1. The molecule has 8 nitrogen and oxygen atoms in total. The highest BCUT2D eigenvalue weighted by molar-refractivity contribution is 6.02. The van der Waals surface area contributed by atoms with Crippen LogP contribution in [-0.2, 0) is 19.7 Å². The van der Waals surface area contributed by atoms with Crippen molar-refractivity contribution in [2.45, 2.75) is 47.4 Å². The van der Waals surface area contributed by atoms with E-state index in [4.69, 9.17) is 9.15 Å². The van der Waals surface area contributed by atoms with Crippen molar-refractivity contribution in [3.8, 4) is 5.75 Å². The Bertz CT molecular complexity index is 1230. The third-order valence-electron chi connectivity index (χ3n) is 5.33. The number of carbonyl (C=O) groups excluding carboxylic acids is 1. The van der Waals surface area contributed by atoms with Crippen molar-refractivity contribution in [2.24, 2.45) is 0 Å². The molecule has 8 heteroatoms. The predicted molar refractivity (Wildman–Crippen MR) is 121 cm³/mol. The lowest BCUT2D eigenvalue weighted by atomic mass is 10.1. The van der Waals surface area contributed by atoms with Gasteiger partial charge < -0.3 is 14.5 Å². The van der Waals surface area contributed by atoms with Crippen LogP contribution in [0.15, 0.2) is 53.3 Å². The minimum Gasteiger partial charge on any atom is -0.485 e. The molecule has 0 aliphatic heterocycles. The summed E-state index contributed by atoms with van der Waals surface area (Å²) in [6.07, 6.45) is 5.25. The Morgan fingerprint density at radius 2 is 1.97 bits per heavy atom. The molecule has 0 saturated heterocycles. The van der Waals surface area contributed by atoms with Crippen molar-refractivity contribution in [2.75, 3.05) is 5.32 Å². The van der Waals surface area contributed by atoms with E-state index < -0.39 is 0 Å². The summed E-state index contributed by atoms with van der Waals surface area (Å²) < 4.78 is 15.2. The van der Waals surface area contributed by atoms with Crippen LogP contribution in [0, 0.1) is 20.8 Å². The van der Waals surface area contributed by atoms with Crippen LogP contribution in [0.25, 0.3) is 0 Å². The Hall–Kier alpha value is -3.81. The lowest BCUT2D eigenvalue weighted by Crippen LogP contribution is -2.10. The van der Waals surface area contributed by atoms with Crippen LogP contribution >= 0.6 is 0 Å². The van der Waals surface area contributed by atoms with E-state index in [0.717, 1.165) is 34.7 Å². The smallest absolute Gasteiger partial charge is 0.291 e. The van der Waals surface area contributed by atoms with Gasteiger partial charge in [0, 0.05) is 24.0 Å². The van der Waals surface area contributed by atoms with Gasteiger partial charge in [-0.05, 0) is 57.0 Å². The molecule has 4 aromatic rings. The van der Waals surface area contributed by atoms with E-state index >= 15 is 0 Å². The van der Waals surface area contributed by atoms with Gasteiger partial charge in [-0.2, -0.15) is 10.2 Å². The van der Waals surface area contributed by atoms with E-state index in [1.54, 1.807) is 29.2 Å². The normalized spacial score (nSPS) is 11.0. The molecule has 0 saturated carbocycles. The molecule has 0 atom stereocenters. The summed E-state index contributed by atoms with van der Waals surface area (Å²) in [7, 11) is 0. The van der Waals surface area contributed by atoms with Gasteiger partial charge in [0.25, 0.3) is 5.91 Å². The van der Waals surface area contributed by atoms with Gasteiger partial charge >= 0.3 is 0 Å². The molecule has 3 aromatic heterocycles. The van der Waals surface area contributed by atoms with Gasteiger partial charge in [0.05, 0.1) is 24.6 Å². The number of furan rings is 1. The van der Waals surface area contributed by atoms with E-state index in [1.165, 1.54) is 0 Å². The molecule has 0 spiro atoms. The van der Waals surface area contributed by atoms with Crippen molar-refractivity contribution >= 4 is 11.6 Å². The van der Waals surface area contributed by atoms with Crippen LogP contribution in [0.4, 0.5) is 5.69 Å². The van der Waals surface area contributed by atoms with E-state index in [0.29, 0.717) is 18.0 Å². The topological polar surface area (TPSA) is 87.1 Å². The molecular weight excluding hydrogens is 406 g/mol. The Morgan fingerprint density at radius 3 is 2.75 bits per heavy atom. The molecule has 0 fully saturated rings. The second-order valence-electron chi connectivity index (χ2n) is 7.78. The number of amides is 1. The molecule has 1 amide bonds. The maximum atomic E-state index is 12.6. The Balaban J connectivity index is 1.35. The zero-order valence-electron chi connectivity index (χ0n) is 18.8. The van der Waals surface area contributed by atoms with Gasteiger partial charge in [0.1, 0.15) is 18.1 Å². The first-order valence-corrected chi connectivity index (χ1v) is 10.6. The Labute approximate surface area is 186 Å². The first kappa shape index (κ1) is 21.4. The van der Waals surface area contributed by atoms with E-state index in [-0.39, 0.29) is 18.3 Å². The quantitative estimate of drug-likeness (QED) is 0.442. The lowest BCUT2D eigenvalue weighted by molar-refractivity contribution is 0.0992. The van der Waals surface area contributed by atoms with Gasteiger partial charge in [0.15, 0.2) is 5.76 Å². The maximum Gasteiger partial charge on any atom is 0.291 e. The number of nitrogens with zero attached hydrogens (tertiary/aromatic N) is 4. The fraction of sp³-hybridized carbons (Fsp3) is 0.292. The first-order chi connectivity index (χ1) is 15.4. The van der Waals surface area contributed by atoms with Crippen molar-refractivity contribution in [1.82, 2.24) is 19.6 Å². The number of hydrogen-bond acceptors (Lipinski definition) is 5. The van der Waals surface area contributed by atoms with Crippen LogP contribution in [0.1, 0.15) is 45.6 Å². The van der Waals surface area contributed by atoms with Crippen LogP contribution in [0.3, 0.4) is 0 Å². The molecule has 1 N–H and O–H groups in total. The average molecular weight is 434 g/mol. The third kappa shape index (κ3) is 4.74. The Kier molecular flexibility index (Phi) is 6.11. The molecule has 1 aromatic carbocycles. The van der Waals surface area contributed by atoms with Crippen LogP contribution in [0.5, 0.6) is 5.75 Å². The number of aromatic nitrogens is 4. The third-order valence-corrected chi connectivity index (χ3v) is 5.33. The zero-order valence-corrected chi connectivity index (χ0v) is 18.8. The number of nitrogens with one attached hydrogen (secondary N) is 1. The lowest BCUT2D eigenvalue weighted by Gasteiger charge is -2.08. The molecule has 3 heterocycles. The summed E-state index contributed by atoms with van der Waals surface area (Å²) >= 11 is 0. The monoisotopic (exact) mass is 433 g/mol. The maximum absolute atomic E-state index is 12.6. The predicted octanol–water partition coefficient (Wildman–Crippen LogP) is 4.50. The minimum absolute atomic E-state index is 0.220. The standard InChI is InChI=1S/C24H27N5O3/c1-5-29-18(4)19(11-26-29)13-28-14-20(12-25-28)27-24(30)22-9-8-21(32-22)15-31-23-10-16(2)6-7-17(23)3/h6-12,14H,5,13,15H2,1-4H3,(H,27,30). The highest BCUT2D eigenvalue weighted by atomic mass is 16.5. The van der Waals surface area contributed by atoms with Gasteiger partial charge in [-0.1, -0.05) is 12.1 Å². The summed E-state index contributed by atoms with van der Waals surface area (Å²) in [5, 5.41) is 11.5. The van der Waals surface area contributed by atoms with Crippen molar-refractivity contribution in [3.63, 3.8) is 0 Å². The van der Waals surface area contributed by atoms with Crippen molar-refractivity contribution in [1.29, 1.82) is 0 Å². The molecule has 0 bridgehead atoms. The molecule has 0 aliphatic rings. The summed E-state index contributed by atoms with van der Waals surface area (Å²) in [4.78, 5) is 12.6. The zero-order chi connectivity index (χ0) is 22.7. The van der Waals surface area contributed by atoms with Gasteiger partial charge in [0.2, 0.25) is 0 Å². The average Bonchev–Trinajstić information content (AvgIpc) is 3.50. The molecule has 0 aliphatic carbocycles. The van der Waals surface area contributed by atoms with Crippen LogP contribution in [-0.4, -0.2) is 25.5 Å². The van der Waals surface area contributed by atoms with Gasteiger partial charge in [-0.15, -0.1) is 0 Å². The number of carbonyl (C=O) groups is 1. The van der Waals surface area contributed by atoms with E-state index in [9.17, 15) is 4.79 Å². The van der Waals surface area contributed by atoms with Gasteiger partial charge in [-0.3, -0.25) is 14.2 Å². The number of benzene rings is 1. The molecule has 0 radical (unpaired) electrons. The number of anilines is 1. The molecular formula is C24H27N5O3. The fourth-order valence-corrected chi connectivity index (χ4v) is 3.43.